The number of hydrogen-bond donors (Lipinski definition) is 3. The first-order chi connectivity index (χ1) is 7.65. The molecule has 0 aliphatic heterocycles. The molecule has 0 bridgehead atoms. The summed E-state index contributed by atoms with van der Waals surface area (Å²) < 4.78 is 0. The molecule has 2 aromatic rings. The molecule has 0 aromatic carbocycles. The molecule has 0 unspecified atom stereocenters. The van der Waals surface area contributed by atoms with Crippen LogP contribution in [0, 0.1) is 0 Å². The Balaban J connectivity index is 1.99. The Morgan fingerprint density at radius 1 is 1.50 bits per heavy atom. The lowest BCUT2D eigenvalue weighted by atomic mass is 10.5. The van der Waals surface area contributed by atoms with Gasteiger partial charge in [-0.15, -0.1) is 11.3 Å². The van der Waals surface area contributed by atoms with Gasteiger partial charge in [0.05, 0.1) is 6.54 Å². The second-order valence-electron chi connectivity index (χ2n) is 2.87. The van der Waals surface area contributed by atoms with Crippen molar-refractivity contribution >= 4 is 33.8 Å². The fraction of sp³-hybridized carbons (Fsp3) is 0.125. The quantitative estimate of drug-likeness (QED) is 0.765. The van der Waals surface area contributed by atoms with Crippen molar-refractivity contribution in [3.8, 4) is 0 Å². The van der Waals surface area contributed by atoms with Gasteiger partial charge in [-0.05, 0) is 0 Å². The van der Waals surface area contributed by atoms with E-state index in [1.165, 1.54) is 16.7 Å². The maximum absolute atomic E-state index is 10.8. The summed E-state index contributed by atoms with van der Waals surface area (Å²) in [6.45, 7) is 0.422. The number of aromatic amines is 1. The number of nitrogens with zero attached hydrogens (tertiary/aromatic N) is 1. The first kappa shape index (κ1) is 10.8. The molecule has 0 saturated carbocycles. The lowest BCUT2D eigenvalue weighted by Crippen LogP contribution is -2.03. The molecule has 0 aliphatic carbocycles. The van der Waals surface area contributed by atoms with Crippen LogP contribution in [-0.2, 0) is 6.54 Å². The number of carbonyl (C=O) groups is 1. The van der Waals surface area contributed by atoms with Gasteiger partial charge in [-0.2, -0.15) is 0 Å². The van der Waals surface area contributed by atoms with E-state index in [0.29, 0.717) is 11.7 Å². The summed E-state index contributed by atoms with van der Waals surface area (Å²) in [4.78, 5) is 27.8. The molecule has 0 atom stereocenters. The summed E-state index contributed by atoms with van der Waals surface area (Å²) in [6.07, 6.45) is 0. The van der Waals surface area contributed by atoms with E-state index >= 15 is 0 Å². The van der Waals surface area contributed by atoms with Crippen molar-refractivity contribution in [3.63, 3.8) is 0 Å². The summed E-state index contributed by atoms with van der Waals surface area (Å²) in [7, 11) is 0. The average Bonchev–Trinajstić information content (AvgIpc) is 2.83. The number of hydrogen-bond acceptors (Lipinski definition) is 6. The van der Waals surface area contributed by atoms with Gasteiger partial charge in [0.1, 0.15) is 0 Å². The fourth-order valence-corrected chi connectivity index (χ4v) is 2.29. The highest BCUT2D eigenvalue weighted by Crippen LogP contribution is 2.15. The molecule has 2 rings (SSSR count). The summed E-state index contributed by atoms with van der Waals surface area (Å²) in [6, 6.07) is 0. The van der Waals surface area contributed by atoms with E-state index in [2.05, 4.69) is 15.3 Å². The molecule has 8 heteroatoms. The molecule has 6 nitrogen and oxygen atoms in total. The number of anilines is 1. The van der Waals surface area contributed by atoms with Crippen molar-refractivity contribution in [2.75, 3.05) is 5.32 Å². The van der Waals surface area contributed by atoms with Crippen LogP contribution in [0.25, 0.3) is 0 Å². The van der Waals surface area contributed by atoms with Crippen molar-refractivity contribution in [1.82, 2.24) is 9.97 Å². The zero-order valence-electron chi connectivity index (χ0n) is 7.89. The highest BCUT2D eigenvalue weighted by molar-refractivity contribution is 7.13. The molecule has 84 valence electrons. The van der Waals surface area contributed by atoms with E-state index in [1.807, 2.05) is 0 Å². The highest BCUT2D eigenvalue weighted by atomic mass is 32.1. The Morgan fingerprint density at radius 3 is 2.88 bits per heavy atom. The van der Waals surface area contributed by atoms with E-state index < -0.39 is 5.97 Å². The first-order valence-electron chi connectivity index (χ1n) is 4.24. The van der Waals surface area contributed by atoms with Gasteiger partial charge in [-0.3, -0.25) is 4.79 Å². The molecular weight excluding hydrogens is 250 g/mol. The Kier molecular flexibility index (Phi) is 3.02. The second kappa shape index (κ2) is 4.45. The molecule has 2 aromatic heterocycles. The topological polar surface area (TPSA) is 95.1 Å². The first-order valence-corrected chi connectivity index (χ1v) is 6.00. The van der Waals surface area contributed by atoms with Crippen LogP contribution in [0.2, 0.25) is 0 Å². The fourth-order valence-electron chi connectivity index (χ4n) is 1.02. The molecule has 3 N–H and O–H groups in total. The summed E-state index contributed by atoms with van der Waals surface area (Å²) in [5.74, 6) is -1.05. The van der Waals surface area contributed by atoms with Crippen LogP contribution in [0.1, 0.15) is 16.2 Å². The maximum atomic E-state index is 10.8. The minimum absolute atomic E-state index is 0.0197. The number of thiazole rings is 2. The Labute approximate surface area is 97.6 Å². The lowest BCUT2D eigenvalue weighted by Gasteiger charge is -1.98. The van der Waals surface area contributed by atoms with Gasteiger partial charge < -0.3 is 15.4 Å². The van der Waals surface area contributed by atoms with Crippen molar-refractivity contribution in [2.24, 2.45) is 0 Å². The Morgan fingerprint density at radius 2 is 2.31 bits per heavy atom. The third-order valence-electron chi connectivity index (χ3n) is 1.72. The second-order valence-corrected chi connectivity index (χ2v) is 4.57. The number of rotatable bonds is 4. The van der Waals surface area contributed by atoms with Gasteiger partial charge in [0.2, 0.25) is 0 Å². The molecular formula is C8H7N3O3S2. The normalized spacial score (nSPS) is 10.2. The zero-order chi connectivity index (χ0) is 11.5. The molecule has 2 heterocycles. The van der Waals surface area contributed by atoms with Gasteiger partial charge in [0.15, 0.2) is 10.8 Å². The number of aromatic carboxylic acids is 1. The van der Waals surface area contributed by atoms with Crippen molar-refractivity contribution in [1.29, 1.82) is 0 Å². The van der Waals surface area contributed by atoms with Gasteiger partial charge in [-0.25, -0.2) is 9.78 Å². The Hall–Kier alpha value is -1.67. The van der Waals surface area contributed by atoms with Crippen LogP contribution < -0.4 is 10.2 Å². The molecule has 0 saturated heterocycles. The van der Waals surface area contributed by atoms with E-state index in [4.69, 9.17) is 5.11 Å². The van der Waals surface area contributed by atoms with Crippen molar-refractivity contribution in [2.45, 2.75) is 6.54 Å². The molecule has 0 amide bonds. The maximum Gasteiger partial charge on any atom is 0.355 e. The van der Waals surface area contributed by atoms with Crippen LogP contribution in [0.4, 0.5) is 5.13 Å². The molecule has 0 aliphatic rings. The van der Waals surface area contributed by atoms with E-state index in [0.717, 1.165) is 17.0 Å². The van der Waals surface area contributed by atoms with Gasteiger partial charge in [0.25, 0.3) is 0 Å². The highest BCUT2D eigenvalue weighted by Gasteiger charge is 2.08. The molecule has 0 spiro atoms. The van der Waals surface area contributed by atoms with Crippen LogP contribution in [0.5, 0.6) is 0 Å². The van der Waals surface area contributed by atoms with Crippen molar-refractivity contribution < 1.29 is 9.90 Å². The molecule has 16 heavy (non-hydrogen) atoms. The lowest BCUT2D eigenvalue weighted by molar-refractivity contribution is 0.0691. The average molecular weight is 257 g/mol. The van der Waals surface area contributed by atoms with Crippen LogP contribution in [-0.4, -0.2) is 21.0 Å². The van der Waals surface area contributed by atoms with Gasteiger partial charge >= 0.3 is 10.8 Å². The third-order valence-corrected chi connectivity index (χ3v) is 3.24. The predicted octanol–water partition coefficient (Wildman–Crippen LogP) is 1.20. The van der Waals surface area contributed by atoms with E-state index in [-0.39, 0.29) is 10.6 Å². The number of carboxylic acid groups (broad SMARTS) is 1. The minimum Gasteiger partial charge on any atom is -0.476 e. The van der Waals surface area contributed by atoms with E-state index in [9.17, 15) is 9.59 Å². The standard InChI is InChI=1S/C8H7N3O3S2/c12-6(13)5-3-15-7(11-5)9-1-4-2-16-8(14)10-4/h2-3H,1H2,(H,9,11)(H,10,14)(H,12,13). The smallest absolute Gasteiger partial charge is 0.355 e. The molecule has 0 radical (unpaired) electrons. The van der Waals surface area contributed by atoms with Crippen molar-refractivity contribution in [3.05, 3.63) is 31.8 Å². The number of nitrogens with one attached hydrogen (secondary N) is 2. The van der Waals surface area contributed by atoms with Crippen LogP contribution >= 0.6 is 22.7 Å². The minimum atomic E-state index is -1.05. The number of aromatic nitrogens is 2. The largest absolute Gasteiger partial charge is 0.476 e. The number of carboxylic acids is 1. The van der Waals surface area contributed by atoms with Crippen LogP contribution in [0.3, 0.4) is 0 Å². The third kappa shape index (κ3) is 2.47. The van der Waals surface area contributed by atoms with E-state index in [1.54, 1.807) is 5.38 Å². The predicted molar refractivity (Wildman–Crippen MR) is 61.3 cm³/mol. The SMILES string of the molecule is O=C(O)c1csc(NCc2csc(=O)[nH]2)n1. The summed E-state index contributed by atoms with van der Waals surface area (Å²) in [5.41, 5.74) is 0.772. The van der Waals surface area contributed by atoms with Crippen LogP contribution in [0.15, 0.2) is 15.6 Å². The van der Waals surface area contributed by atoms with Gasteiger partial charge in [0, 0.05) is 16.5 Å². The summed E-state index contributed by atoms with van der Waals surface area (Å²) in [5, 5.41) is 15.3. The number of H-pyrrole nitrogens is 1. The summed E-state index contributed by atoms with van der Waals surface area (Å²) >= 11 is 2.30. The molecule has 0 fully saturated rings. The monoisotopic (exact) mass is 257 g/mol. The van der Waals surface area contributed by atoms with Gasteiger partial charge in [-0.1, -0.05) is 11.3 Å². The Bertz CT molecular complexity index is 557. The zero-order valence-corrected chi connectivity index (χ0v) is 9.52.